The predicted octanol–water partition coefficient (Wildman–Crippen LogP) is 5.53. The van der Waals surface area contributed by atoms with Crippen molar-refractivity contribution in [2.45, 2.75) is 46.9 Å². The Bertz CT molecular complexity index is 1170. The summed E-state index contributed by atoms with van der Waals surface area (Å²) in [7, 11) is -16.7. The fourth-order valence-electron chi connectivity index (χ4n) is 1.48. The molecule has 0 radical (unpaired) electrons. The maximum Gasteiger partial charge on any atom is 0.464 e. The van der Waals surface area contributed by atoms with Crippen LogP contribution in [0.25, 0.3) is 0 Å². The zero-order valence-electron chi connectivity index (χ0n) is 16.2. The van der Waals surface area contributed by atoms with E-state index in [-0.39, 0.29) is 0 Å². The molecule has 29 heteroatoms. The van der Waals surface area contributed by atoms with Gasteiger partial charge in [-0.3, -0.25) is 4.74 Å². The van der Waals surface area contributed by atoms with Crippen molar-refractivity contribution in [1.29, 1.82) is 0 Å². The van der Waals surface area contributed by atoms with E-state index in [1.807, 2.05) is 0 Å². The summed E-state index contributed by atoms with van der Waals surface area (Å²) in [5.74, 6) is -13.4. The van der Waals surface area contributed by atoms with E-state index >= 15 is 0 Å². The third kappa shape index (κ3) is 6.55. The fraction of sp³-hybridized carbons (Fsp3) is 0.800. The van der Waals surface area contributed by atoms with Gasteiger partial charge in [-0.15, -0.1) is 0 Å². The Kier molecular flexibility index (Phi) is 9.41. The van der Waals surface area contributed by atoms with Gasteiger partial charge in [-0.05, 0) is 0 Å². The van der Waals surface area contributed by atoms with Crippen LogP contribution in [0.4, 0.5) is 86.8 Å². The van der Waals surface area contributed by atoms with E-state index in [1.165, 1.54) is 9.47 Å². The van der Waals surface area contributed by atoms with Gasteiger partial charge in [0.15, 0.2) is 0 Å². The molecule has 0 saturated heterocycles. The van der Waals surface area contributed by atoms with Crippen LogP contribution in [0.15, 0.2) is 11.9 Å². The third-order valence-corrected chi connectivity index (χ3v) is 4.94. The lowest BCUT2D eigenvalue weighted by Gasteiger charge is -2.41. The molecule has 0 saturated carbocycles. The van der Waals surface area contributed by atoms with Crippen LogP contribution >= 0.6 is 0 Å². The highest BCUT2D eigenvalue weighted by atomic mass is 32.3. The molecule has 0 aliphatic carbocycles. The van der Waals surface area contributed by atoms with Gasteiger partial charge in [0, 0.05) is 0 Å². The molecule has 0 N–H and O–H groups in total. The maximum atomic E-state index is 14.4. The Morgan fingerprint density at radius 1 is 0.462 bits per heavy atom. The molecule has 0 rings (SSSR count). The number of ether oxygens (including phenoxy) is 3. The van der Waals surface area contributed by atoms with Crippen LogP contribution in [-0.4, -0.2) is 63.7 Å². The van der Waals surface area contributed by atoms with Gasteiger partial charge in [-0.2, -0.15) is 95.9 Å². The van der Waals surface area contributed by atoms with Crippen molar-refractivity contribution in [2.75, 3.05) is 0 Å². The van der Waals surface area contributed by atoms with E-state index in [0.717, 1.165) is 4.74 Å². The molecule has 7 nitrogen and oxygen atoms in total. The number of halogens is 20. The smallest absolute Gasteiger partial charge is 0.262 e. The summed E-state index contributed by atoms with van der Waals surface area (Å²) >= 11 is 0. The molecule has 0 aromatic carbocycles. The average Bonchev–Trinajstić information content (AvgIpc) is 2.62. The van der Waals surface area contributed by atoms with E-state index in [0.29, 0.717) is 0 Å². The van der Waals surface area contributed by atoms with Gasteiger partial charge in [0.1, 0.15) is 0 Å². The maximum absolute atomic E-state index is 14.4. The SMILES string of the molecule is O=S(=O)(F)C(F)(F)C(F)(F)OC(F)(F)C(F)(OC(F)(F)C(F)(F)S(=O)(=O)F)C(F)(F)OC(F)(F)C(F)=C(F)F. The van der Waals surface area contributed by atoms with Crippen molar-refractivity contribution in [3.63, 3.8) is 0 Å². The summed E-state index contributed by atoms with van der Waals surface area (Å²) in [6.07, 6.45) is -45.1. The van der Waals surface area contributed by atoms with Crippen LogP contribution in [0.1, 0.15) is 0 Å². The third-order valence-electron chi connectivity index (χ3n) is 3.24. The lowest BCUT2D eigenvalue weighted by molar-refractivity contribution is -0.566. The minimum absolute atomic E-state index is 1.12. The molecule has 1 unspecified atom stereocenters. The number of hydrogen-bond donors (Lipinski definition) is 0. The minimum atomic E-state index is -8.69. The highest BCUT2D eigenvalue weighted by Crippen LogP contribution is 2.57. The van der Waals surface area contributed by atoms with Crippen molar-refractivity contribution in [1.82, 2.24) is 0 Å². The highest BCUT2D eigenvalue weighted by molar-refractivity contribution is 7.87. The Morgan fingerprint density at radius 2 is 0.744 bits per heavy atom. The molecule has 0 amide bonds. The van der Waals surface area contributed by atoms with Crippen molar-refractivity contribution in [2.24, 2.45) is 0 Å². The first-order chi connectivity index (χ1) is 16.5. The highest BCUT2D eigenvalue weighted by Gasteiger charge is 2.85. The van der Waals surface area contributed by atoms with E-state index < -0.39 is 79.3 Å². The topological polar surface area (TPSA) is 96.0 Å². The van der Waals surface area contributed by atoms with E-state index in [4.69, 9.17) is 0 Å². The quantitative estimate of drug-likeness (QED) is 0.187. The molecule has 0 spiro atoms. The molecule has 0 fully saturated rings. The number of hydrogen-bond acceptors (Lipinski definition) is 7. The van der Waals surface area contributed by atoms with Gasteiger partial charge in [0.05, 0.1) is 0 Å². The van der Waals surface area contributed by atoms with Crippen LogP contribution in [0.2, 0.25) is 0 Å². The van der Waals surface area contributed by atoms with Gasteiger partial charge in [0.25, 0.3) is 5.83 Å². The van der Waals surface area contributed by atoms with E-state index in [2.05, 4.69) is 0 Å². The van der Waals surface area contributed by atoms with Crippen molar-refractivity contribution in [3.8, 4) is 0 Å². The van der Waals surface area contributed by atoms with Gasteiger partial charge in [0.2, 0.25) is 0 Å². The Hall–Kier alpha value is -1.88. The lowest BCUT2D eigenvalue weighted by atomic mass is 10.2. The molecule has 0 aliphatic rings. The zero-order valence-corrected chi connectivity index (χ0v) is 17.9. The Labute approximate surface area is 198 Å². The normalized spacial score (nSPS) is 17.1. The van der Waals surface area contributed by atoms with Gasteiger partial charge in [-0.25, -0.2) is 9.47 Å². The lowest BCUT2D eigenvalue weighted by Crippen LogP contribution is -2.68. The summed E-state index contributed by atoms with van der Waals surface area (Å²) in [6.45, 7) is 0. The van der Waals surface area contributed by atoms with E-state index in [9.17, 15) is 104 Å². The average molecular weight is 676 g/mol. The van der Waals surface area contributed by atoms with Gasteiger partial charge in [-0.1, -0.05) is 7.77 Å². The summed E-state index contributed by atoms with van der Waals surface area (Å²) in [4.78, 5) is 0. The summed E-state index contributed by atoms with van der Waals surface area (Å²) in [5.41, 5.74) is 0. The Morgan fingerprint density at radius 3 is 1.03 bits per heavy atom. The molecule has 0 heterocycles. The molecule has 0 bridgehead atoms. The van der Waals surface area contributed by atoms with Crippen molar-refractivity contribution >= 4 is 20.4 Å². The first-order valence-corrected chi connectivity index (χ1v) is 10.3. The van der Waals surface area contributed by atoms with Crippen LogP contribution in [0.3, 0.4) is 0 Å². The first-order valence-electron chi connectivity index (χ1n) is 7.51. The largest absolute Gasteiger partial charge is 0.464 e. The molecular weight excluding hydrogens is 676 g/mol. The molecule has 1 atom stereocenters. The predicted molar refractivity (Wildman–Crippen MR) is 72.1 cm³/mol. The standard InChI is InChI=1S/C10F20O7S2/c11-1(2(12)13)3(14,15)35-5(17,18)4(16,36-7(21,22)9(25,26)38(29,31)32)6(19,20)37-8(23,24)10(27,28)39(30,33)34. The van der Waals surface area contributed by atoms with E-state index in [1.54, 1.807) is 0 Å². The molecule has 0 aromatic rings. The number of rotatable bonds is 13. The van der Waals surface area contributed by atoms with Crippen LogP contribution in [0.5, 0.6) is 0 Å². The van der Waals surface area contributed by atoms with Crippen LogP contribution in [-0.2, 0) is 34.7 Å². The molecule has 39 heavy (non-hydrogen) atoms. The Balaban J connectivity index is 7.42. The summed E-state index contributed by atoms with van der Waals surface area (Å²) < 4.78 is 305. The van der Waals surface area contributed by atoms with Crippen molar-refractivity contribution < 1.29 is 118 Å². The van der Waals surface area contributed by atoms with Crippen LogP contribution in [0, 0.1) is 0 Å². The second-order valence-electron chi connectivity index (χ2n) is 5.97. The monoisotopic (exact) mass is 676 g/mol. The molecule has 234 valence electrons. The minimum Gasteiger partial charge on any atom is -0.262 e. The second kappa shape index (κ2) is 9.89. The summed E-state index contributed by atoms with van der Waals surface area (Å²) in [5, 5.41) is -15.8. The first kappa shape index (κ1) is 37.1. The summed E-state index contributed by atoms with van der Waals surface area (Å²) in [6, 6.07) is 0. The molecular formula is C10F20O7S2. The second-order valence-corrected chi connectivity index (χ2v) is 8.75. The van der Waals surface area contributed by atoms with Gasteiger partial charge < -0.3 is 0 Å². The number of alkyl halides is 15. The van der Waals surface area contributed by atoms with Crippen LogP contribution < -0.4 is 0 Å². The zero-order chi connectivity index (χ0) is 32.3. The van der Waals surface area contributed by atoms with Gasteiger partial charge >= 0.3 is 73.4 Å². The molecule has 0 aliphatic heterocycles. The van der Waals surface area contributed by atoms with Crippen molar-refractivity contribution in [3.05, 3.63) is 11.9 Å². The fourth-order valence-corrected chi connectivity index (χ4v) is 2.13. The molecule has 0 aromatic heterocycles.